The third-order valence-corrected chi connectivity index (χ3v) is 1.99. The van der Waals surface area contributed by atoms with Gasteiger partial charge in [0.1, 0.15) is 0 Å². The summed E-state index contributed by atoms with van der Waals surface area (Å²) in [7, 11) is 1.67. The van der Waals surface area contributed by atoms with E-state index in [0.717, 1.165) is 0 Å². The van der Waals surface area contributed by atoms with Crippen LogP contribution >= 0.6 is 0 Å². The van der Waals surface area contributed by atoms with Gasteiger partial charge in [-0.25, -0.2) is 0 Å². The summed E-state index contributed by atoms with van der Waals surface area (Å²) in [6, 6.07) is 3.17. The first-order valence-corrected chi connectivity index (χ1v) is 4.40. The molecule has 0 saturated heterocycles. The van der Waals surface area contributed by atoms with Crippen molar-refractivity contribution in [3.8, 4) is 11.5 Å². The van der Waals surface area contributed by atoms with Crippen molar-refractivity contribution in [1.82, 2.24) is 14.8 Å². The maximum Gasteiger partial charge on any atom is 0.251 e. The van der Waals surface area contributed by atoms with Gasteiger partial charge >= 0.3 is 0 Å². The van der Waals surface area contributed by atoms with Crippen LogP contribution in [0.15, 0.2) is 27.5 Å². The summed E-state index contributed by atoms with van der Waals surface area (Å²) in [5.41, 5.74) is 5.81. The van der Waals surface area contributed by atoms with Crippen LogP contribution in [0.5, 0.6) is 0 Å². The number of nitrogens with zero attached hydrogens (tertiary/aromatic N) is 3. The zero-order chi connectivity index (χ0) is 10.8. The first-order valence-electron chi connectivity index (χ1n) is 4.40. The largest absolute Gasteiger partial charge is 0.419 e. The van der Waals surface area contributed by atoms with Crippen LogP contribution in [0.4, 0.5) is 0 Å². The van der Waals surface area contributed by atoms with Crippen molar-refractivity contribution in [3.63, 3.8) is 0 Å². The highest BCUT2D eigenvalue weighted by Crippen LogP contribution is 2.14. The number of hydrogen-bond acceptors (Lipinski definition) is 5. The first kappa shape index (κ1) is 9.60. The van der Waals surface area contributed by atoms with Gasteiger partial charge in [-0.1, -0.05) is 0 Å². The van der Waals surface area contributed by atoms with E-state index in [2.05, 4.69) is 10.2 Å². The molecule has 0 fully saturated rings. The van der Waals surface area contributed by atoms with Crippen LogP contribution in [0.25, 0.3) is 11.5 Å². The molecule has 6 heteroatoms. The lowest BCUT2D eigenvalue weighted by atomic mass is 10.3. The molecule has 6 nitrogen and oxygen atoms in total. The Labute approximate surface area is 85.4 Å². The van der Waals surface area contributed by atoms with Gasteiger partial charge in [-0.05, 0) is 6.07 Å². The molecule has 0 aliphatic rings. The number of hydrogen-bond donors (Lipinski definition) is 1. The zero-order valence-corrected chi connectivity index (χ0v) is 8.17. The maximum absolute atomic E-state index is 11.3. The number of pyridine rings is 1. The lowest BCUT2D eigenvalue weighted by molar-refractivity contribution is 0.508. The van der Waals surface area contributed by atoms with Gasteiger partial charge in [0.25, 0.3) is 5.56 Å². The van der Waals surface area contributed by atoms with E-state index in [1.807, 2.05) is 0 Å². The summed E-state index contributed by atoms with van der Waals surface area (Å²) in [4.78, 5) is 11.3. The normalized spacial score (nSPS) is 10.5. The molecule has 0 radical (unpaired) electrons. The lowest BCUT2D eigenvalue weighted by Gasteiger charge is -1.96. The van der Waals surface area contributed by atoms with Gasteiger partial charge in [0.05, 0.1) is 6.54 Å². The van der Waals surface area contributed by atoms with E-state index in [4.69, 9.17) is 10.2 Å². The molecule has 0 amide bonds. The average molecular weight is 206 g/mol. The molecule has 2 rings (SSSR count). The van der Waals surface area contributed by atoms with Crippen molar-refractivity contribution in [1.29, 1.82) is 0 Å². The Morgan fingerprint density at radius 2 is 2.33 bits per heavy atom. The Hall–Kier alpha value is -1.95. The monoisotopic (exact) mass is 206 g/mol. The van der Waals surface area contributed by atoms with E-state index in [0.29, 0.717) is 17.3 Å². The van der Waals surface area contributed by atoms with E-state index in [9.17, 15) is 4.79 Å². The molecule has 0 aliphatic carbocycles. The summed E-state index contributed by atoms with van der Waals surface area (Å²) >= 11 is 0. The first-order chi connectivity index (χ1) is 7.20. The topological polar surface area (TPSA) is 86.9 Å². The Morgan fingerprint density at radius 3 is 2.93 bits per heavy atom. The molecule has 2 heterocycles. The van der Waals surface area contributed by atoms with Crippen LogP contribution in [-0.4, -0.2) is 14.8 Å². The minimum atomic E-state index is -0.125. The number of nitrogens with two attached hydrogens (primary N) is 1. The summed E-state index contributed by atoms with van der Waals surface area (Å²) < 4.78 is 6.68. The Kier molecular flexibility index (Phi) is 2.34. The molecule has 15 heavy (non-hydrogen) atoms. The second kappa shape index (κ2) is 3.66. The van der Waals surface area contributed by atoms with E-state index < -0.39 is 0 Å². The van der Waals surface area contributed by atoms with Crippen molar-refractivity contribution < 1.29 is 4.42 Å². The van der Waals surface area contributed by atoms with Crippen molar-refractivity contribution in [2.24, 2.45) is 12.8 Å². The highest BCUT2D eigenvalue weighted by Gasteiger charge is 2.07. The smallest absolute Gasteiger partial charge is 0.251 e. The van der Waals surface area contributed by atoms with E-state index in [-0.39, 0.29) is 12.1 Å². The van der Waals surface area contributed by atoms with Gasteiger partial charge in [0.15, 0.2) is 0 Å². The second-order valence-corrected chi connectivity index (χ2v) is 3.07. The summed E-state index contributed by atoms with van der Waals surface area (Å²) in [6.07, 6.45) is 1.64. The van der Waals surface area contributed by atoms with Crippen LogP contribution in [0, 0.1) is 0 Å². The third kappa shape index (κ3) is 1.79. The van der Waals surface area contributed by atoms with Gasteiger partial charge in [-0.15, -0.1) is 10.2 Å². The molecule has 2 aromatic heterocycles. The Bertz CT molecular complexity index is 529. The van der Waals surface area contributed by atoms with E-state index >= 15 is 0 Å². The van der Waals surface area contributed by atoms with Gasteiger partial charge in [0.2, 0.25) is 11.8 Å². The highest BCUT2D eigenvalue weighted by molar-refractivity contribution is 5.50. The fourth-order valence-electron chi connectivity index (χ4n) is 1.13. The van der Waals surface area contributed by atoms with Crippen molar-refractivity contribution in [3.05, 3.63) is 34.6 Å². The fraction of sp³-hybridized carbons (Fsp3) is 0.222. The molecule has 0 spiro atoms. The molecule has 0 bridgehead atoms. The molecule has 0 aromatic carbocycles. The number of aromatic nitrogens is 3. The van der Waals surface area contributed by atoms with Crippen molar-refractivity contribution >= 4 is 0 Å². The molecule has 78 valence electrons. The third-order valence-electron chi connectivity index (χ3n) is 1.99. The van der Waals surface area contributed by atoms with E-state index in [1.165, 1.54) is 10.6 Å². The molecule has 0 unspecified atom stereocenters. The lowest BCUT2D eigenvalue weighted by Crippen LogP contribution is -2.14. The molecule has 0 atom stereocenters. The second-order valence-electron chi connectivity index (χ2n) is 3.07. The van der Waals surface area contributed by atoms with Gasteiger partial charge in [-0.3, -0.25) is 4.79 Å². The summed E-state index contributed by atoms with van der Waals surface area (Å²) in [5.74, 6) is 0.666. The van der Waals surface area contributed by atoms with Crippen LogP contribution in [0.3, 0.4) is 0 Å². The zero-order valence-electron chi connectivity index (χ0n) is 8.17. The highest BCUT2D eigenvalue weighted by atomic mass is 16.4. The molecule has 0 aliphatic heterocycles. The Balaban J connectivity index is 2.45. The van der Waals surface area contributed by atoms with Crippen LogP contribution in [0.2, 0.25) is 0 Å². The molecule has 2 N–H and O–H groups in total. The van der Waals surface area contributed by atoms with Crippen LogP contribution < -0.4 is 11.3 Å². The molecule has 0 saturated carbocycles. The molecule has 2 aromatic rings. The van der Waals surface area contributed by atoms with Crippen LogP contribution in [0.1, 0.15) is 5.89 Å². The van der Waals surface area contributed by atoms with E-state index in [1.54, 1.807) is 19.3 Å². The number of rotatable bonds is 2. The fourth-order valence-corrected chi connectivity index (χ4v) is 1.13. The molecular formula is C9H10N4O2. The van der Waals surface area contributed by atoms with Crippen molar-refractivity contribution in [2.45, 2.75) is 6.54 Å². The predicted octanol–water partition coefficient (Wildman–Crippen LogP) is -0.106. The Morgan fingerprint density at radius 1 is 1.53 bits per heavy atom. The molecular weight excluding hydrogens is 196 g/mol. The van der Waals surface area contributed by atoms with Gasteiger partial charge in [0, 0.05) is 24.9 Å². The van der Waals surface area contributed by atoms with Gasteiger partial charge in [-0.2, -0.15) is 0 Å². The standard InChI is InChI=1S/C9H10N4O2/c1-13-3-2-6(4-8(13)14)9-12-11-7(5-10)15-9/h2-4H,5,10H2,1H3. The predicted molar refractivity (Wildman–Crippen MR) is 52.9 cm³/mol. The SMILES string of the molecule is Cn1ccc(-c2nnc(CN)o2)cc1=O. The summed E-state index contributed by atoms with van der Waals surface area (Å²) in [5, 5.41) is 7.50. The maximum atomic E-state index is 11.3. The van der Waals surface area contributed by atoms with Crippen molar-refractivity contribution in [2.75, 3.05) is 0 Å². The van der Waals surface area contributed by atoms with Gasteiger partial charge < -0.3 is 14.7 Å². The summed E-state index contributed by atoms with van der Waals surface area (Å²) in [6.45, 7) is 0.192. The quantitative estimate of drug-likeness (QED) is 0.741. The number of aryl methyl sites for hydroxylation is 1. The van der Waals surface area contributed by atoms with Crippen LogP contribution in [-0.2, 0) is 13.6 Å². The average Bonchev–Trinajstić information content (AvgIpc) is 2.70. The minimum Gasteiger partial charge on any atom is -0.419 e. The minimum absolute atomic E-state index is 0.125.